The van der Waals surface area contributed by atoms with Crippen molar-refractivity contribution in [3.05, 3.63) is 65.7 Å². The van der Waals surface area contributed by atoms with Crippen LogP contribution in [0.4, 0.5) is 23.7 Å². The van der Waals surface area contributed by atoms with Crippen LogP contribution < -0.4 is 10.6 Å². The number of alkyl halides is 3. The Morgan fingerprint density at radius 1 is 1.04 bits per heavy atom. The third-order valence-electron chi connectivity index (χ3n) is 3.29. The highest BCUT2D eigenvalue weighted by Crippen LogP contribution is 2.34. The van der Waals surface area contributed by atoms with Gasteiger partial charge in [0.05, 0.1) is 17.4 Å². The van der Waals surface area contributed by atoms with Crippen molar-refractivity contribution in [3.8, 4) is 0 Å². The van der Waals surface area contributed by atoms with Gasteiger partial charge in [0.2, 0.25) is 0 Å². The second kappa shape index (κ2) is 7.83. The summed E-state index contributed by atoms with van der Waals surface area (Å²) in [6, 6.07) is 13.1. The second-order valence-electron chi connectivity index (χ2n) is 5.22. The first-order valence-electron chi connectivity index (χ1n) is 7.29. The number of aliphatic hydroxyl groups is 1. The molecule has 0 aromatic heterocycles. The maximum Gasteiger partial charge on any atom is 0.418 e. The highest BCUT2D eigenvalue weighted by atomic mass is 19.4. The van der Waals surface area contributed by atoms with Crippen LogP contribution in [0.3, 0.4) is 0 Å². The lowest BCUT2D eigenvalue weighted by Gasteiger charge is -2.15. The summed E-state index contributed by atoms with van der Waals surface area (Å²) in [5.74, 6) is 0. The van der Waals surface area contributed by atoms with Gasteiger partial charge < -0.3 is 15.7 Å². The third kappa shape index (κ3) is 5.27. The van der Waals surface area contributed by atoms with Crippen molar-refractivity contribution in [2.45, 2.75) is 18.7 Å². The van der Waals surface area contributed by atoms with Gasteiger partial charge >= 0.3 is 12.2 Å². The standard InChI is InChI=1S/C17H17F3N2O2/c18-17(19,20)14-8-4-5-9-15(14)22-16(24)21-11-13(23)10-12-6-2-1-3-7-12/h1-9,13,23H,10-11H2,(H2,21,22,24)/t13-/m0/s1. The Labute approximate surface area is 137 Å². The lowest BCUT2D eigenvalue weighted by Crippen LogP contribution is -2.36. The van der Waals surface area contributed by atoms with Gasteiger partial charge in [-0.1, -0.05) is 42.5 Å². The van der Waals surface area contributed by atoms with Gasteiger partial charge in [-0.15, -0.1) is 0 Å². The molecule has 24 heavy (non-hydrogen) atoms. The molecular weight excluding hydrogens is 321 g/mol. The number of anilines is 1. The maximum absolute atomic E-state index is 12.8. The van der Waals surface area contributed by atoms with Gasteiger partial charge in [-0.2, -0.15) is 13.2 Å². The zero-order valence-corrected chi connectivity index (χ0v) is 12.7. The molecule has 2 aromatic carbocycles. The van der Waals surface area contributed by atoms with Gasteiger partial charge in [-0.25, -0.2) is 4.79 Å². The van der Waals surface area contributed by atoms with E-state index in [1.54, 1.807) is 0 Å². The van der Waals surface area contributed by atoms with E-state index < -0.39 is 23.9 Å². The summed E-state index contributed by atoms with van der Waals surface area (Å²) >= 11 is 0. The van der Waals surface area contributed by atoms with E-state index in [0.29, 0.717) is 6.42 Å². The van der Waals surface area contributed by atoms with E-state index in [0.717, 1.165) is 11.6 Å². The number of hydrogen-bond donors (Lipinski definition) is 3. The summed E-state index contributed by atoms with van der Waals surface area (Å²) in [6.07, 6.45) is -5.06. The minimum Gasteiger partial charge on any atom is -0.391 e. The largest absolute Gasteiger partial charge is 0.418 e. The SMILES string of the molecule is O=C(NC[C@@H](O)Cc1ccccc1)Nc1ccccc1C(F)(F)F. The summed E-state index contributed by atoms with van der Waals surface area (Å²) in [5, 5.41) is 14.4. The number of hydrogen-bond acceptors (Lipinski definition) is 2. The molecule has 2 amide bonds. The molecule has 0 heterocycles. The van der Waals surface area contributed by atoms with E-state index in [9.17, 15) is 23.1 Å². The highest BCUT2D eigenvalue weighted by molar-refractivity contribution is 5.90. The van der Waals surface area contributed by atoms with Crippen molar-refractivity contribution >= 4 is 11.7 Å². The van der Waals surface area contributed by atoms with Crippen LogP contribution in [0, 0.1) is 0 Å². The first-order valence-corrected chi connectivity index (χ1v) is 7.29. The molecule has 7 heteroatoms. The van der Waals surface area contributed by atoms with E-state index >= 15 is 0 Å². The number of amides is 2. The number of rotatable bonds is 5. The normalized spacial score (nSPS) is 12.5. The van der Waals surface area contributed by atoms with Crippen LogP contribution in [0.5, 0.6) is 0 Å². The molecule has 0 aliphatic heterocycles. The molecule has 0 aliphatic rings. The molecule has 4 nitrogen and oxygen atoms in total. The van der Waals surface area contributed by atoms with Gasteiger partial charge in [-0.3, -0.25) is 0 Å². The fraction of sp³-hybridized carbons (Fsp3) is 0.235. The summed E-state index contributed by atoms with van der Waals surface area (Å²) < 4.78 is 38.5. The molecule has 0 bridgehead atoms. The third-order valence-corrected chi connectivity index (χ3v) is 3.29. The molecule has 0 spiro atoms. The molecule has 0 fully saturated rings. The molecule has 0 saturated heterocycles. The molecule has 0 saturated carbocycles. The van der Waals surface area contributed by atoms with Crippen LogP contribution in [-0.2, 0) is 12.6 Å². The number of nitrogens with one attached hydrogen (secondary N) is 2. The smallest absolute Gasteiger partial charge is 0.391 e. The molecule has 0 aliphatic carbocycles. The van der Waals surface area contributed by atoms with Crippen LogP contribution in [0.15, 0.2) is 54.6 Å². The van der Waals surface area contributed by atoms with Crippen LogP contribution in [0.1, 0.15) is 11.1 Å². The van der Waals surface area contributed by atoms with E-state index in [4.69, 9.17) is 0 Å². The summed E-state index contributed by atoms with van der Waals surface area (Å²) in [6.45, 7) is -0.0745. The van der Waals surface area contributed by atoms with E-state index in [2.05, 4.69) is 10.6 Å². The average Bonchev–Trinajstić information content (AvgIpc) is 2.53. The van der Waals surface area contributed by atoms with Crippen molar-refractivity contribution in [1.82, 2.24) is 5.32 Å². The van der Waals surface area contributed by atoms with Crippen molar-refractivity contribution in [2.75, 3.05) is 11.9 Å². The lowest BCUT2D eigenvalue weighted by atomic mass is 10.1. The van der Waals surface area contributed by atoms with Crippen LogP contribution in [0.2, 0.25) is 0 Å². The monoisotopic (exact) mass is 338 g/mol. The molecular formula is C17H17F3N2O2. The molecule has 3 N–H and O–H groups in total. The number of halogens is 3. The molecule has 128 valence electrons. The molecule has 2 aromatic rings. The molecule has 1 atom stereocenters. The van der Waals surface area contributed by atoms with E-state index in [-0.39, 0.29) is 12.2 Å². The van der Waals surface area contributed by atoms with Gasteiger partial charge in [0.25, 0.3) is 0 Å². The lowest BCUT2D eigenvalue weighted by molar-refractivity contribution is -0.136. The van der Waals surface area contributed by atoms with Crippen molar-refractivity contribution in [3.63, 3.8) is 0 Å². The Morgan fingerprint density at radius 3 is 2.33 bits per heavy atom. The van der Waals surface area contributed by atoms with Gasteiger partial charge in [0.1, 0.15) is 0 Å². The Kier molecular flexibility index (Phi) is 5.81. The number of aliphatic hydroxyl groups excluding tert-OH is 1. The van der Waals surface area contributed by atoms with Crippen molar-refractivity contribution < 1.29 is 23.1 Å². The zero-order valence-electron chi connectivity index (χ0n) is 12.7. The Hall–Kier alpha value is -2.54. The Balaban J connectivity index is 1.88. The van der Waals surface area contributed by atoms with E-state index in [1.165, 1.54) is 18.2 Å². The predicted molar refractivity (Wildman–Crippen MR) is 84.6 cm³/mol. The Morgan fingerprint density at radius 2 is 1.67 bits per heavy atom. The molecule has 0 unspecified atom stereocenters. The van der Waals surface area contributed by atoms with Gasteiger partial charge in [0, 0.05) is 13.0 Å². The summed E-state index contributed by atoms with van der Waals surface area (Å²) in [4.78, 5) is 11.7. The van der Waals surface area contributed by atoms with Crippen LogP contribution in [0.25, 0.3) is 0 Å². The van der Waals surface area contributed by atoms with Gasteiger partial charge in [0.15, 0.2) is 0 Å². The first-order chi connectivity index (χ1) is 11.4. The number of carbonyl (C=O) groups excluding carboxylic acids is 1. The molecule has 0 radical (unpaired) electrons. The minimum absolute atomic E-state index is 0.0745. The van der Waals surface area contributed by atoms with Crippen LogP contribution >= 0.6 is 0 Å². The number of para-hydroxylation sites is 1. The minimum atomic E-state index is -4.56. The van der Waals surface area contributed by atoms with Crippen LogP contribution in [-0.4, -0.2) is 23.8 Å². The summed E-state index contributed by atoms with van der Waals surface area (Å²) in [7, 11) is 0. The topological polar surface area (TPSA) is 61.4 Å². The number of urea groups is 1. The number of benzene rings is 2. The fourth-order valence-corrected chi connectivity index (χ4v) is 2.17. The summed E-state index contributed by atoms with van der Waals surface area (Å²) in [5.41, 5.74) is -0.361. The quantitative estimate of drug-likeness (QED) is 0.782. The van der Waals surface area contributed by atoms with Crippen molar-refractivity contribution in [2.24, 2.45) is 0 Å². The number of carbonyl (C=O) groups is 1. The molecule has 2 rings (SSSR count). The van der Waals surface area contributed by atoms with E-state index in [1.807, 2.05) is 30.3 Å². The Bertz CT molecular complexity index is 675. The maximum atomic E-state index is 12.8. The average molecular weight is 338 g/mol. The predicted octanol–water partition coefficient (Wildman–Crippen LogP) is 3.43. The first kappa shape index (κ1) is 17.8. The van der Waals surface area contributed by atoms with Crippen molar-refractivity contribution in [1.29, 1.82) is 0 Å². The fourth-order valence-electron chi connectivity index (χ4n) is 2.17. The van der Waals surface area contributed by atoms with Gasteiger partial charge in [-0.05, 0) is 17.7 Å². The highest BCUT2D eigenvalue weighted by Gasteiger charge is 2.33. The second-order valence-corrected chi connectivity index (χ2v) is 5.22. The zero-order chi connectivity index (χ0) is 17.6.